The van der Waals surface area contributed by atoms with E-state index in [0.717, 1.165) is 23.4 Å². The molecule has 2 aliphatic heterocycles. The maximum Gasteiger partial charge on any atom is 0.220 e. The van der Waals surface area contributed by atoms with Gasteiger partial charge in [-0.15, -0.1) is 0 Å². The maximum atomic E-state index is 13.4. The Morgan fingerprint density at radius 2 is 1.87 bits per heavy atom. The van der Waals surface area contributed by atoms with Crippen LogP contribution < -0.4 is 15.6 Å². The highest BCUT2D eigenvalue weighted by molar-refractivity contribution is 7.89. The summed E-state index contributed by atoms with van der Waals surface area (Å²) in [4.78, 5) is 6.32. The SMILES string of the molecule is COc1ccc(C)cc1CN1CCN(S(=O)(=O)C2CNNC2c2ccncc2)CC1. The Kier molecular flexibility index (Phi) is 6.35. The van der Waals surface area contributed by atoms with Crippen molar-refractivity contribution < 1.29 is 13.2 Å². The van der Waals surface area contributed by atoms with Crippen LogP contribution in [0.15, 0.2) is 42.7 Å². The van der Waals surface area contributed by atoms with Crippen molar-refractivity contribution in [1.82, 2.24) is 25.0 Å². The molecule has 0 amide bonds. The van der Waals surface area contributed by atoms with Crippen molar-refractivity contribution in [2.75, 3.05) is 39.8 Å². The molecule has 2 aromatic rings. The number of benzene rings is 1. The second-order valence-electron chi connectivity index (χ2n) is 7.86. The minimum absolute atomic E-state index is 0.285. The van der Waals surface area contributed by atoms with Crippen LogP contribution in [0.25, 0.3) is 0 Å². The van der Waals surface area contributed by atoms with E-state index in [4.69, 9.17) is 4.74 Å². The van der Waals surface area contributed by atoms with Crippen LogP contribution in [0.3, 0.4) is 0 Å². The van der Waals surface area contributed by atoms with E-state index in [1.54, 1.807) is 23.8 Å². The molecule has 0 spiro atoms. The van der Waals surface area contributed by atoms with Gasteiger partial charge < -0.3 is 4.74 Å². The van der Waals surface area contributed by atoms with E-state index in [1.807, 2.05) is 24.3 Å². The van der Waals surface area contributed by atoms with Gasteiger partial charge in [0, 0.05) is 57.2 Å². The molecule has 4 rings (SSSR count). The number of nitrogens with zero attached hydrogens (tertiary/aromatic N) is 3. The zero-order chi connectivity index (χ0) is 21.1. The third kappa shape index (κ3) is 4.35. The third-order valence-electron chi connectivity index (χ3n) is 5.90. The number of hydrogen-bond acceptors (Lipinski definition) is 7. The Labute approximate surface area is 178 Å². The molecule has 3 heterocycles. The van der Waals surface area contributed by atoms with Crippen LogP contribution in [0, 0.1) is 6.92 Å². The number of rotatable bonds is 6. The molecule has 0 aliphatic carbocycles. The van der Waals surface area contributed by atoms with E-state index in [1.165, 1.54) is 5.56 Å². The fraction of sp³-hybridized carbons (Fsp3) is 0.476. The van der Waals surface area contributed by atoms with Crippen LogP contribution in [0.5, 0.6) is 5.75 Å². The van der Waals surface area contributed by atoms with Gasteiger partial charge in [-0.1, -0.05) is 17.7 Å². The molecule has 2 saturated heterocycles. The van der Waals surface area contributed by atoms with Crippen LogP contribution >= 0.6 is 0 Å². The normalized spacial score (nSPS) is 23.5. The molecule has 2 fully saturated rings. The lowest BCUT2D eigenvalue weighted by Gasteiger charge is -2.36. The summed E-state index contributed by atoms with van der Waals surface area (Å²) in [7, 11) is -1.76. The Bertz CT molecular complexity index is 962. The predicted molar refractivity (Wildman–Crippen MR) is 115 cm³/mol. The molecule has 2 unspecified atom stereocenters. The standard InChI is InChI=1S/C21H29N5O3S/c1-16-3-4-19(29-2)18(13-16)15-25-9-11-26(12-10-25)30(27,28)20-14-23-24-21(20)17-5-7-22-8-6-17/h3-8,13,20-21,23-24H,9-12,14-15H2,1-2H3. The first-order valence-electron chi connectivity index (χ1n) is 10.2. The minimum Gasteiger partial charge on any atom is -0.496 e. The number of hydrazine groups is 1. The first-order valence-corrected chi connectivity index (χ1v) is 11.7. The number of pyridine rings is 1. The Hall–Kier alpha value is -2.04. The van der Waals surface area contributed by atoms with Gasteiger partial charge in [0.2, 0.25) is 10.0 Å². The summed E-state index contributed by atoms with van der Waals surface area (Å²) in [5.41, 5.74) is 9.39. The molecule has 9 heteroatoms. The summed E-state index contributed by atoms with van der Waals surface area (Å²) < 4.78 is 33.9. The highest BCUT2D eigenvalue weighted by atomic mass is 32.2. The summed E-state index contributed by atoms with van der Waals surface area (Å²) in [6.07, 6.45) is 3.38. The van der Waals surface area contributed by atoms with E-state index < -0.39 is 15.3 Å². The van der Waals surface area contributed by atoms with Gasteiger partial charge in [0.1, 0.15) is 11.0 Å². The van der Waals surface area contributed by atoms with Gasteiger partial charge >= 0.3 is 0 Å². The van der Waals surface area contributed by atoms with Gasteiger partial charge in [-0.25, -0.2) is 13.8 Å². The zero-order valence-corrected chi connectivity index (χ0v) is 18.2. The molecule has 30 heavy (non-hydrogen) atoms. The van der Waals surface area contributed by atoms with Crippen molar-refractivity contribution in [3.05, 3.63) is 59.4 Å². The van der Waals surface area contributed by atoms with Crippen molar-refractivity contribution in [2.24, 2.45) is 0 Å². The maximum absolute atomic E-state index is 13.4. The molecule has 1 aromatic carbocycles. The molecular formula is C21H29N5O3S. The van der Waals surface area contributed by atoms with Crippen molar-refractivity contribution >= 4 is 10.0 Å². The molecule has 0 radical (unpaired) electrons. The molecular weight excluding hydrogens is 402 g/mol. The van der Waals surface area contributed by atoms with Gasteiger partial charge in [0.25, 0.3) is 0 Å². The number of piperazine rings is 1. The molecule has 2 atom stereocenters. The lowest BCUT2D eigenvalue weighted by atomic mass is 10.1. The molecule has 2 aliphatic rings. The molecule has 0 saturated carbocycles. The second kappa shape index (κ2) is 8.99. The second-order valence-corrected chi connectivity index (χ2v) is 10.0. The van der Waals surface area contributed by atoms with Crippen LogP contribution in [-0.4, -0.2) is 67.7 Å². The quantitative estimate of drug-likeness (QED) is 0.707. The highest BCUT2D eigenvalue weighted by Gasteiger charge is 2.42. The monoisotopic (exact) mass is 431 g/mol. The fourth-order valence-electron chi connectivity index (χ4n) is 4.23. The summed E-state index contributed by atoms with van der Waals surface area (Å²) >= 11 is 0. The van der Waals surface area contributed by atoms with Crippen LogP contribution in [-0.2, 0) is 16.6 Å². The van der Waals surface area contributed by atoms with Crippen LogP contribution in [0.1, 0.15) is 22.7 Å². The smallest absolute Gasteiger partial charge is 0.220 e. The number of aryl methyl sites for hydroxylation is 1. The predicted octanol–water partition coefficient (Wildman–Crippen LogP) is 1.06. The van der Waals surface area contributed by atoms with Crippen LogP contribution in [0.2, 0.25) is 0 Å². The highest BCUT2D eigenvalue weighted by Crippen LogP contribution is 2.28. The molecule has 8 nitrogen and oxygen atoms in total. The van der Waals surface area contributed by atoms with Crippen LogP contribution in [0.4, 0.5) is 0 Å². The van der Waals surface area contributed by atoms with Crippen molar-refractivity contribution in [1.29, 1.82) is 0 Å². The zero-order valence-electron chi connectivity index (χ0n) is 17.4. The molecule has 2 N–H and O–H groups in total. The summed E-state index contributed by atoms with van der Waals surface area (Å²) in [5, 5.41) is -0.539. The van der Waals surface area contributed by atoms with Crippen molar-refractivity contribution in [3.63, 3.8) is 0 Å². The van der Waals surface area contributed by atoms with E-state index in [9.17, 15) is 8.42 Å². The van der Waals surface area contributed by atoms with Gasteiger partial charge in [-0.3, -0.25) is 15.3 Å². The number of ether oxygens (including phenoxy) is 1. The fourth-order valence-corrected chi connectivity index (χ4v) is 6.15. The van der Waals surface area contributed by atoms with E-state index in [-0.39, 0.29) is 6.04 Å². The van der Waals surface area contributed by atoms with Gasteiger partial charge in [0.15, 0.2) is 0 Å². The Balaban J connectivity index is 1.41. The topological polar surface area (TPSA) is 86.8 Å². The lowest BCUT2D eigenvalue weighted by molar-refractivity contribution is 0.179. The largest absolute Gasteiger partial charge is 0.496 e. The first-order chi connectivity index (χ1) is 14.5. The van der Waals surface area contributed by atoms with E-state index in [2.05, 4.69) is 33.7 Å². The van der Waals surface area contributed by atoms with Crippen molar-refractivity contribution in [2.45, 2.75) is 24.8 Å². The summed E-state index contributed by atoms with van der Waals surface area (Å²) in [5.74, 6) is 0.874. The number of methoxy groups -OCH3 is 1. The van der Waals surface area contributed by atoms with E-state index >= 15 is 0 Å². The molecule has 162 valence electrons. The van der Waals surface area contributed by atoms with E-state index in [0.29, 0.717) is 32.7 Å². The average Bonchev–Trinajstić information content (AvgIpc) is 3.26. The molecule has 0 bridgehead atoms. The van der Waals surface area contributed by atoms with Gasteiger partial charge in [0.05, 0.1) is 13.2 Å². The summed E-state index contributed by atoms with van der Waals surface area (Å²) in [6.45, 7) is 5.59. The number of hydrogen-bond donors (Lipinski definition) is 2. The molecule has 1 aromatic heterocycles. The lowest BCUT2D eigenvalue weighted by Crippen LogP contribution is -2.52. The van der Waals surface area contributed by atoms with Gasteiger partial charge in [-0.2, -0.15) is 4.31 Å². The van der Waals surface area contributed by atoms with Gasteiger partial charge in [-0.05, 0) is 30.7 Å². The van der Waals surface area contributed by atoms with Crippen molar-refractivity contribution in [3.8, 4) is 5.75 Å². The average molecular weight is 432 g/mol. The number of aromatic nitrogens is 1. The third-order valence-corrected chi connectivity index (χ3v) is 8.19. The number of nitrogens with one attached hydrogen (secondary N) is 2. The first kappa shape index (κ1) is 21.2. The Morgan fingerprint density at radius 1 is 1.13 bits per heavy atom. The summed E-state index contributed by atoms with van der Waals surface area (Å²) in [6, 6.07) is 9.60. The minimum atomic E-state index is -3.44. The Morgan fingerprint density at radius 3 is 2.57 bits per heavy atom. The number of sulfonamides is 1.